The second-order valence-corrected chi connectivity index (χ2v) is 9.81. The molecule has 186 valence electrons. The van der Waals surface area contributed by atoms with Crippen molar-refractivity contribution in [3.8, 4) is 22.6 Å². The van der Waals surface area contributed by atoms with Gasteiger partial charge in [0.2, 0.25) is 6.79 Å². The Hall–Kier alpha value is -3.13. The molecule has 2 aliphatic heterocycles. The van der Waals surface area contributed by atoms with Crippen LogP contribution in [0.4, 0.5) is 0 Å². The molecule has 1 saturated heterocycles. The monoisotopic (exact) mass is 503 g/mol. The van der Waals surface area contributed by atoms with E-state index in [2.05, 4.69) is 51.9 Å². The minimum Gasteiger partial charge on any atom is -0.453 e. The zero-order valence-corrected chi connectivity index (χ0v) is 21.4. The molecule has 0 aliphatic carbocycles. The van der Waals surface area contributed by atoms with Gasteiger partial charge in [0.1, 0.15) is 0 Å². The van der Waals surface area contributed by atoms with Gasteiger partial charge in [-0.3, -0.25) is 14.6 Å². The van der Waals surface area contributed by atoms with Gasteiger partial charge in [0.15, 0.2) is 11.5 Å². The molecule has 6 rings (SSSR count). The number of hydrogen-bond acceptors (Lipinski definition) is 6. The van der Waals surface area contributed by atoms with Gasteiger partial charge in [0.05, 0.1) is 23.8 Å². The lowest BCUT2D eigenvalue weighted by molar-refractivity contribution is 0.166. The summed E-state index contributed by atoms with van der Waals surface area (Å²) in [6.45, 7) is 9.08. The quantitative estimate of drug-likeness (QED) is 0.390. The van der Waals surface area contributed by atoms with Crippen molar-refractivity contribution in [2.24, 2.45) is 0 Å². The lowest BCUT2D eigenvalue weighted by Crippen LogP contribution is -2.45. The van der Waals surface area contributed by atoms with E-state index in [4.69, 9.17) is 26.2 Å². The molecule has 0 amide bonds. The second-order valence-electron chi connectivity index (χ2n) is 9.41. The fraction of sp³-hybridized carbons (Fsp3) is 0.357. The van der Waals surface area contributed by atoms with Crippen LogP contribution in [0.1, 0.15) is 36.2 Å². The van der Waals surface area contributed by atoms with Gasteiger partial charge < -0.3 is 14.8 Å². The molecule has 7 nitrogen and oxygen atoms in total. The van der Waals surface area contributed by atoms with Crippen molar-refractivity contribution < 1.29 is 9.47 Å². The first-order valence-corrected chi connectivity index (χ1v) is 13.0. The SMILES string of the molecule is CCC(c1nn(Cc2cccnc2)c2cc3c(c(-c4cccc(Cl)c4C)c12)OCO3)N1CCNCC1. The second kappa shape index (κ2) is 9.73. The summed E-state index contributed by atoms with van der Waals surface area (Å²) in [7, 11) is 0. The Bertz CT molecular complexity index is 1400. The molecular formula is C28H30ClN5O2. The van der Waals surface area contributed by atoms with Gasteiger partial charge in [0, 0.05) is 60.6 Å². The average molecular weight is 504 g/mol. The van der Waals surface area contributed by atoms with E-state index in [0.29, 0.717) is 6.54 Å². The minimum atomic E-state index is 0.184. The number of nitrogens with one attached hydrogen (secondary N) is 1. The van der Waals surface area contributed by atoms with Crippen LogP contribution < -0.4 is 14.8 Å². The van der Waals surface area contributed by atoms with Gasteiger partial charge in [-0.1, -0.05) is 36.7 Å². The summed E-state index contributed by atoms with van der Waals surface area (Å²) < 4.78 is 14.1. The van der Waals surface area contributed by atoms with Crippen LogP contribution in [0.5, 0.6) is 11.5 Å². The summed E-state index contributed by atoms with van der Waals surface area (Å²) in [5, 5.41) is 10.6. The number of fused-ring (bicyclic) bond motifs is 2. The molecule has 2 aliphatic rings. The summed E-state index contributed by atoms with van der Waals surface area (Å²) in [6, 6.07) is 12.4. The molecular weight excluding hydrogens is 474 g/mol. The van der Waals surface area contributed by atoms with E-state index in [1.165, 1.54) is 0 Å². The third-order valence-electron chi connectivity index (χ3n) is 7.29. The standard InChI is InChI=1S/C28H30ClN5O2/c1-3-22(33-12-10-30-11-13-33)27-26-23(34(32-27)16-19-6-5-9-31-15-19)14-24-28(36-17-35-24)25(26)20-7-4-8-21(29)18(20)2/h4-9,14-15,22,30H,3,10-13,16-17H2,1-2H3. The highest BCUT2D eigenvalue weighted by molar-refractivity contribution is 6.31. The molecule has 36 heavy (non-hydrogen) atoms. The summed E-state index contributed by atoms with van der Waals surface area (Å²) in [4.78, 5) is 6.87. The number of ether oxygens (including phenoxy) is 2. The van der Waals surface area contributed by atoms with Gasteiger partial charge in [-0.05, 0) is 42.2 Å². The molecule has 0 radical (unpaired) electrons. The number of pyridine rings is 1. The number of nitrogens with zero attached hydrogens (tertiary/aromatic N) is 4. The van der Waals surface area contributed by atoms with Crippen molar-refractivity contribution in [1.82, 2.24) is 25.0 Å². The number of aromatic nitrogens is 3. The maximum absolute atomic E-state index is 6.61. The van der Waals surface area contributed by atoms with Gasteiger partial charge in [-0.15, -0.1) is 0 Å². The summed E-state index contributed by atoms with van der Waals surface area (Å²) >= 11 is 6.61. The highest BCUT2D eigenvalue weighted by Gasteiger charge is 2.32. The highest BCUT2D eigenvalue weighted by atomic mass is 35.5. The molecule has 4 aromatic rings. The summed E-state index contributed by atoms with van der Waals surface area (Å²) in [6.07, 6.45) is 4.66. The Kier molecular flexibility index (Phi) is 6.29. The predicted octanol–water partition coefficient (Wildman–Crippen LogP) is 5.19. The number of piperazine rings is 1. The third-order valence-corrected chi connectivity index (χ3v) is 7.70. The lowest BCUT2D eigenvalue weighted by atomic mass is 9.92. The van der Waals surface area contributed by atoms with Gasteiger partial charge in [-0.25, -0.2) is 0 Å². The van der Waals surface area contributed by atoms with Crippen LogP contribution in [0.3, 0.4) is 0 Å². The van der Waals surface area contributed by atoms with Crippen LogP contribution in [0.2, 0.25) is 5.02 Å². The fourth-order valence-electron chi connectivity index (χ4n) is 5.50. The van der Waals surface area contributed by atoms with Crippen molar-refractivity contribution in [2.75, 3.05) is 33.0 Å². The van der Waals surface area contributed by atoms with Gasteiger partial charge in [-0.2, -0.15) is 5.10 Å². The number of benzene rings is 2. The Morgan fingerprint density at radius 3 is 2.78 bits per heavy atom. The van der Waals surface area contributed by atoms with Crippen LogP contribution in [0, 0.1) is 6.92 Å². The zero-order valence-electron chi connectivity index (χ0n) is 20.6. The number of hydrogen-bond donors (Lipinski definition) is 1. The molecule has 1 N–H and O–H groups in total. The molecule has 2 aromatic carbocycles. The van der Waals surface area contributed by atoms with E-state index >= 15 is 0 Å². The maximum atomic E-state index is 6.61. The van der Waals surface area contributed by atoms with E-state index in [1.54, 1.807) is 6.20 Å². The molecule has 8 heteroatoms. The van der Waals surface area contributed by atoms with E-state index in [9.17, 15) is 0 Å². The third kappa shape index (κ3) is 4.01. The van der Waals surface area contributed by atoms with Crippen molar-refractivity contribution in [2.45, 2.75) is 32.9 Å². The summed E-state index contributed by atoms with van der Waals surface area (Å²) in [5.74, 6) is 1.51. The maximum Gasteiger partial charge on any atom is 0.231 e. The molecule has 0 bridgehead atoms. The number of rotatable bonds is 6. The molecule has 1 unspecified atom stereocenters. The molecule has 1 atom stereocenters. The first kappa shape index (κ1) is 23.3. The first-order valence-electron chi connectivity index (χ1n) is 12.6. The first-order chi connectivity index (χ1) is 17.7. The molecule has 0 spiro atoms. The molecule has 0 saturated carbocycles. The zero-order chi connectivity index (χ0) is 24.6. The van der Waals surface area contributed by atoms with Crippen LogP contribution in [-0.4, -0.2) is 52.6 Å². The largest absolute Gasteiger partial charge is 0.453 e. The van der Waals surface area contributed by atoms with Crippen molar-refractivity contribution in [3.05, 3.63) is 70.6 Å². The van der Waals surface area contributed by atoms with E-state index < -0.39 is 0 Å². The minimum absolute atomic E-state index is 0.184. The van der Waals surface area contributed by atoms with Crippen LogP contribution >= 0.6 is 11.6 Å². The predicted molar refractivity (Wildman–Crippen MR) is 142 cm³/mol. The van der Waals surface area contributed by atoms with Crippen LogP contribution in [0.15, 0.2) is 48.8 Å². The number of halogens is 1. The Morgan fingerprint density at radius 2 is 2.00 bits per heavy atom. The Labute approximate surface area is 216 Å². The van der Waals surface area contributed by atoms with E-state index in [1.807, 2.05) is 24.4 Å². The molecule has 4 heterocycles. The molecule has 1 fully saturated rings. The van der Waals surface area contributed by atoms with Gasteiger partial charge in [0.25, 0.3) is 0 Å². The van der Waals surface area contributed by atoms with Crippen molar-refractivity contribution in [1.29, 1.82) is 0 Å². The van der Waals surface area contributed by atoms with Crippen molar-refractivity contribution >= 4 is 22.5 Å². The van der Waals surface area contributed by atoms with E-state index in [-0.39, 0.29) is 12.8 Å². The Balaban J connectivity index is 1.64. The fourth-order valence-corrected chi connectivity index (χ4v) is 5.67. The van der Waals surface area contributed by atoms with Crippen LogP contribution in [-0.2, 0) is 6.54 Å². The molecule has 2 aromatic heterocycles. The van der Waals surface area contributed by atoms with Crippen LogP contribution in [0.25, 0.3) is 22.0 Å². The normalized spacial score (nSPS) is 16.5. The topological polar surface area (TPSA) is 64.4 Å². The summed E-state index contributed by atoms with van der Waals surface area (Å²) in [5.41, 5.74) is 6.28. The van der Waals surface area contributed by atoms with Gasteiger partial charge >= 0.3 is 0 Å². The smallest absolute Gasteiger partial charge is 0.231 e. The van der Waals surface area contributed by atoms with E-state index in [0.717, 1.165) is 88.0 Å². The highest BCUT2D eigenvalue weighted by Crippen LogP contribution is 2.50. The van der Waals surface area contributed by atoms with Crippen molar-refractivity contribution in [3.63, 3.8) is 0 Å². The average Bonchev–Trinajstić information content (AvgIpc) is 3.52. The lowest BCUT2D eigenvalue weighted by Gasteiger charge is -2.33. The Morgan fingerprint density at radius 1 is 1.14 bits per heavy atom.